The highest BCUT2D eigenvalue weighted by atomic mass is 32.2. The molecule has 1 unspecified atom stereocenters. The van der Waals surface area contributed by atoms with Crippen LogP contribution in [0.15, 0.2) is 59.8 Å². The van der Waals surface area contributed by atoms with Crippen molar-refractivity contribution in [1.82, 2.24) is 14.8 Å². The van der Waals surface area contributed by atoms with Crippen LogP contribution in [0.25, 0.3) is 17.1 Å². The van der Waals surface area contributed by atoms with Gasteiger partial charge in [-0.05, 0) is 18.6 Å². The quantitative estimate of drug-likeness (QED) is 0.654. The van der Waals surface area contributed by atoms with Crippen LogP contribution in [0.2, 0.25) is 0 Å². The van der Waals surface area contributed by atoms with Crippen molar-refractivity contribution in [2.24, 2.45) is 0 Å². The van der Waals surface area contributed by atoms with Crippen molar-refractivity contribution in [3.63, 3.8) is 0 Å². The van der Waals surface area contributed by atoms with Gasteiger partial charge in [-0.2, -0.15) is 0 Å². The Morgan fingerprint density at radius 3 is 2.52 bits per heavy atom. The van der Waals surface area contributed by atoms with Gasteiger partial charge in [0.1, 0.15) is 5.75 Å². The molecular formula is C19H19N3O3S2. The van der Waals surface area contributed by atoms with Gasteiger partial charge in [-0.3, -0.25) is 4.57 Å². The van der Waals surface area contributed by atoms with E-state index in [1.807, 2.05) is 59.2 Å². The fourth-order valence-electron chi connectivity index (χ4n) is 3.16. The number of aromatic nitrogens is 3. The first-order valence-corrected chi connectivity index (χ1v) is 11.3. The lowest BCUT2D eigenvalue weighted by atomic mass is 10.2. The van der Waals surface area contributed by atoms with E-state index in [1.54, 1.807) is 7.11 Å². The molecule has 0 spiro atoms. The van der Waals surface area contributed by atoms with E-state index in [-0.39, 0.29) is 16.8 Å². The number of benzene rings is 2. The first-order valence-electron chi connectivity index (χ1n) is 8.59. The molecule has 2 aromatic carbocycles. The number of ether oxygens (including phenoxy) is 1. The van der Waals surface area contributed by atoms with E-state index < -0.39 is 9.84 Å². The SMILES string of the molecule is COc1ccccc1-n1c(SC2CCS(=O)(=O)C2)nnc1-c1ccccc1. The molecule has 0 bridgehead atoms. The molecule has 0 radical (unpaired) electrons. The van der Waals surface area contributed by atoms with Crippen LogP contribution in [-0.2, 0) is 9.84 Å². The van der Waals surface area contributed by atoms with E-state index in [0.29, 0.717) is 23.2 Å². The molecule has 3 aromatic rings. The minimum absolute atomic E-state index is 0.0173. The summed E-state index contributed by atoms with van der Waals surface area (Å²) in [4.78, 5) is 0. The van der Waals surface area contributed by atoms with Crippen molar-refractivity contribution in [2.75, 3.05) is 18.6 Å². The zero-order valence-corrected chi connectivity index (χ0v) is 16.4. The maximum atomic E-state index is 11.8. The number of thioether (sulfide) groups is 1. The molecule has 1 fully saturated rings. The predicted molar refractivity (Wildman–Crippen MR) is 106 cm³/mol. The van der Waals surface area contributed by atoms with Crippen LogP contribution in [0.1, 0.15) is 6.42 Å². The summed E-state index contributed by atoms with van der Waals surface area (Å²) >= 11 is 1.46. The van der Waals surface area contributed by atoms with Crippen molar-refractivity contribution in [3.05, 3.63) is 54.6 Å². The van der Waals surface area contributed by atoms with Crippen molar-refractivity contribution in [3.8, 4) is 22.8 Å². The standard InChI is InChI=1S/C19H19N3O3S2/c1-25-17-10-6-5-9-16(17)22-18(14-7-3-2-4-8-14)20-21-19(22)26-15-11-12-27(23,24)13-15/h2-10,15H,11-13H2,1H3. The molecule has 0 amide bonds. The Balaban J connectivity index is 1.81. The molecule has 1 atom stereocenters. The summed E-state index contributed by atoms with van der Waals surface area (Å²) in [6, 6.07) is 17.5. The monoisotopic (exact) mass is 401 g/mol. The molecule has 1 aliphatic heterocycles. The van der Waals surface area contributed by atoms with Gasteiger partial charge in [0.2, 0.25) is 0 Å². The molecule has 0 aliphatic carbocycles. The Bertz CT molecular complexity index is 1050. The third-order valence-corrected chi connectivity index (χ3v) is 7.64. The topological polar surface area (TPSA) is 74.1 Å². The summed E-state index contributed by atoms with van der Waals surface area (Å²) in [5.41, 5.74) is 1.76. The molecule has 6 nitrogen and oxygen atoms in total. The lowest BCUT2D eigenvalue weighted by molar-refractivity contribution is 0.412. The number of sulfone groups is 1. The minimum Gasteiger partial charge on any atom is -0.495 e. The lowest BCUT2D eigenvalue weighted by Gasteiger charge is -2.15. The largest absolute Gasteiger partial charge is 0.495 e. The summed E-state index contributed by atoms with van der Waals surface area (Å²) in [6.07, 6.45) is 0.631. The molecule has 4 rings (SSSR count). The Morgan fingerprint density at radius 2 is 1.81 bits per heavy atom. The molecule has 1 saturated heterocycles. The molecule has 27 heavy (non-hydrogen) atoms. The normalized spacial score (nSPS) is 18.5. The zero-order chi connectivity index (χ0) is 18.9. The highest BCUT2D eigenvalue weighted by molar-refractivity contribution is 8.01. The van der Waals surface area contributed by atoms with Crippen LogP contribution < -0.4 is 4.74 Å². The molecule has 0 saturated carbocycles. The first kappa shape index (κ1) is 18.1. The van der Waals surface area contributed by atoms with Crippen molar-refractivity contribution in [2.45, 2.75) is 16.8 Å². The maximum absolute atomic E-state index is 11.8. The van der Waals surface area contributed by atoms with Crippen molar-refractivity contribution in [1.29, 1.82) is 0 Å². The van der Waals surface area contributed by atoms with E-state index in [2.05, 4.69) is 10.2 Å². The zero-order valence-electron chi connectivity index (χ0n) is 14.8. The number of methoxy groups -OCH3 is 1. The number of hydrogen-bond donors (Lipinski definition) is 0. The Morgan fingerprint density at radius 1 is 1.07 bits per heavy atom. The fourth-order valence-corrected chi connectivity index (χ4v) is 6.65. The maximum Gasteiger partial charge on any atom is 0.196 e. The van der Waals surface area contributed by atoms with Gasteiger partial charge in [0.05, 0.1) is 24.3 Å². The van der Waals surface area contributed by atoms with Crippen molar-refractivity contribution < 1.29 is 13.2 Å². The second kappa shape index (κ2) is 7.36. The van der Waals surface area contributed by atoms with Gasteiger partial charge < -0.3 is 4.74 Å². The van der Waals surface area contributed by atoms with Gasteiger partial charge in [0.25, 0.3) is 0 Å². The summed E-state index contributed by atoms with van der Waals surface area (Å²) in [5, 5.41) is 9.43. The van der Waals surface area contributed by atoms with Gasteiger partial charge in [0.15, 0.2) is 20.8 Å². The average Bonchev–Trinajstić information content (AvgIpc) is 3.25. The van der Waals surface area contributed by atoms with Crippen LogP contribution in [0.4, 0.5) is 0 Å². The van der Waals surface area contributed by atoms with E-state index in [0.717, 1.165) is 11.3 Å². The number of nitrogens with zero attached hydrogens (tertiary/aromatic N) is 3. The highest BCUT2D eigenvalue weighted by Crippen LogP contribution is 2.36. The van der Waals surface area contributed by atoms with E-state index in [1.165, 1.54) is 11.8 Å². The van der Waals surface area contributed by atoms with E-state index in [9.17, 15) is 8.42 Å². The van der Waals surface area contributed by atoms with E-state index >= 15 is 0 Å². The average molecular weight is 402 g/mol. The molecule has 140 valence electrons. The Hall–Kier alpha value is -2.32. The third kappa shape index (κ3) is 3.72. The lowest BCUT2D eigenvalue weighted by Crippen LogP contribution is -2.08. The molecule has 2 heterocycles. The van der Waals surface area contributed by atoms with E-state index in [4.69, 9.17) is 4.74 Å². The number of para-hydroxylation sites is 2. The van der Waals surface area contributed by atoms with Crippen LogP contribution in [0.5, 0.6) is 5.75 Å². The van der Waals surface area contributed by atoms with Crippen LogP contribution in [0, 0.1) is 0 Å². The minimum atomic E-state index is -2.95. The molecular weight excluding hydrogens is 382 g/mol. The molecule has 8 heteroatoms. The second-order valence-electron chi connectivity index (χ2n) is 6.32. The summed E-state index contributed by atoms with van der Waals surface area (Å²) in [6.45, 7) is 0. The summed E-state index contributed by atoms with van der Waals surface area (Å²) in [7, 11) is -1.33. The first-order chi connectivity index (χ1) is 13.1. The fraction of sp³-hybridized carbons (Fsp3) is 0.263. The number of rotatable bonds is 5. The Labute approximate surface area is 162 Å². The van der Waals surface area contributed by atoms with Gasteiger partial charge in [-0.1, -0.05) is 54.2 Å². The van der Waals surface area contributed by atoms with Crippen LogP contribution in [-0.4, -0.2) is 47.0 Å². The smallest absolute Gasteiger partial charge is 0.196 e. The number of hydrogen-bond acceptors (Lipinski definition) is 6. The van der Waals surface area contributed by atoms with Crippen molar-refractivity contribution >= 4 is 21.6 Å². The summed E-state index contributed by atoms with van der Waals surface area (Å²) in [5.74, 6) is 1.81. The highest BCUT2D eigenvalue weighted by Gasteiger charge is 2.31. The van der Waals surface area contributed by atoms with Gasteiger partial charge in [-0.15, -0.1) is 10.2 Å². The molecule has 0 N–H and O–H groups in total. The van der Waals surface area contributed by atoms with Crippen LogP contribution >= 0.6 is 11.8 Å². The third-order valence-electron chi connectivity index (χ3n) is 4.45. The molecule has 1 aliphatic rings. The predicted octanol–water partition coefficient (Wildman–Crippen LogP) is 3.22. The van der Waals surface area contributed by atoms with Crippen LogP contribution in [0.3, 0.4) is 0 Å². The van der Waals surface area contributed by atoms with Gasteiger partial charge >= 0.3 is 0 Å². The Kier molecular flexibility index (Phi) is 4.92. The summed E-state index contributed by atoms with van der Waals surface area (Å²) < 4.78 is 31.2. The second-order valence-corrected chi connectivity index (χ2v) is 9.82. The van der Waals surface area contributed by atoms with Gasteiger partial charge in [-0.25, -0.2) is 8.42 Å². The molecule has 1 aromatic heterocycles. The van der Waals surface area contributed by atoms with Gasteiger partial charge in [0, 0.05) is 10.8 Å².